The van der Waals surface area contributed by atoms with E-state index in [0.717, 1.165) is 56.8 Å². The Bertz CT molecular complexity index is 576. The van der Waals surface area contributed by atoms with E-state index < -0.39 is 0 Å². The van der Waals surface area contributed by atoms with E-state index in [-0.39, 0.29) is 0 Å². The van der Waals surface area contributed by atoms with Crippen molar-refractivity contribution in [3.05, 3.63) is 11.6 Å². The van der Waals surface area contributed by atoms with Crippen LogP contribution in [0.1, 0.15) is 57.1 Å². The van der Waals surface area contributed by atoms with Crippen molar-refractivity contribution in [1.29, 1.82) is 0 Å². The zero-order chi connectivity index (χ0) is 17.5. The summed E-state index contributed by atoms with van der Waals surface area (Å²) in [4.78, 5) is 4.38. The number of aromatic nitrogens is 3. The van der Waals surface area contributed by atoms with Crippen LogP contribution in [0.5, 0.6) is 0 Å². The second kappa shape index (κ2) is 8.65. The van der Waals surface area contributed by atoms with E-state index in [1.54, 1.807) is 0 Å². The number of rotatable bonds is 8. The van der Waals surface area contributed by atoms with Gasteiger partial charge in [0.15, 0.2) is 11.8 Å². The Morgan fingerprint density at radius 2 is 2.08 bits per heavy atom. The molecule has 7 heteroatoms. The molecule has 0 bridgehead atoms. The third-order valence-corrected chi connectivity index (χ3v) is 5.60. The average Bonchev–Trinajstić information content (AvgIpc) is 3.33. The first-order chi connectivity index (χ1) is 12.3. The highest BCUT2D eigenvalue weighted by atomic mass is 16.5. The van der Waals surface area contributed by atoms with Crippen molar-refractivity contribution >= 4 is 5.96 Å². The number of guanidine groups is 1. The van der Waals surface area contributed by atoms with Crippen molar-refractivity contribution in [1.82, 2.24) is 25.4 Å². The summed E-state index contributed by atoms with van der Waals surface area (Å²) >= 11 is 0. The lowest BCUT2D eigenvalue weighted by molar-refractivity contribution is 0.105. The van der Waals surface area contributed by atoms with Crippen molar-refractivity contribution in [2.75, 3.05) is 26.8 Å². The Morgan fingerprint density at radius 3 is 2.84 bits per heavy atom. The second-order valence-electron chi connectivity index (χ2n) is 7.22. The van der Waals surface area contributed by atoms with Gasteiger partial charge < -0.3 is 19.9 Å². The van der Waals surface area contributed by atoms with Crippen molar-refractivity contribution in [2.24, 2.45) is 10.4 Å². The van der Waals surface area contributed by atoms with Gasteiger partial charge in [-0.1, -0.05) is 12.8 Å². The Hall–Kier alpha value is -1.63. The quantitative estimate of drug-likeness (QED) is 0.426. The first kappa shape index (κ1) is 18.2. The van der Waals surface area contributed by atoms with Crippen molar-refractivity contribution in [2.45, 2.75) is 65.0 Å². The lowest BCUT2D eigenvalue weighted by Gasteiger charge is -2.30. The molecule has 25 heavy (non-hydrogen) atoms. The molecule has 3 rings (SSSR count). The summed E-state index contributed by atoms with van der Waals surface area (Å²) in [5, 5.41) is 15.5. The zero-order valence-electron chi connectivity index (χ0n) is 15.7. The predicted molar refractivity (Wildman–Crippen MR) is 98.6 cm³/mol. The van der Waals surface area contributed by atoms with Crippen LogP contribution in [0.2, 0.25) is 0 Å². The van der Waals surface area contributed by atoms with Gasteiger partial charge in [0.2, 0.25) is 0 Å². The third-order valence-electron chi connectivity index (χ3n) is 5.60. The minimum Gasteiger partial charge on any atom is -0.382 e. The number of hydrogen-bond acceptors (Lipinski definition) is 4. The van der Waals surface area contributed by atoms with E-state index in [4.69, 9.17) is 4.74 Å². The summed E-state index contributed by atoms with van der Waals surface area (Å²) < 4.78 is 7.82. The van der Waals surface area contributed by atoms with Crippen LogP contribution >= 0.6 is 0 Å². The maximum Gasteiger partial charge on any atom is 0.191 e. The van der Waals surface area contributed by atoms with Gasteiger partial charge in [-0.15, -0.1) is 10.2 Å². The summed E-state index contributed by atoms with van der Waals surface area (Å²) in [6, 6.07) is 0. The minimum absolute atomic E-state index is 0.350. The van der Waals surface area contributed by atoms with Crippen LogP contribution in [0.3, 0.4) is 0 Å². The molecule has 1 fully saturated rings. The topological polar surface area (TPSA) is 76.4 Å². The Kier molecular flexibility index (Phi) is 6.29. The number of ether oxygens (including phenoxy) is 1. The fourth-order valence-electron chi connectivity index (χ4n) is 4.07. The molecule has 0 atom stereocenters. The molecule has 140 valence electrons. The van der Waals surface area contributed by atoms with E-state index in [1.165, 1.54) is 32.1 Å². The molecule has 1 aliphatic heterocycles. The molecule has 0 unspecified atom stereocenters. The van der Waals surface area contributed by atoms with Crippen LogP contribution in [0.4, 0.5) is 0 Å². The lowest BCUT2D eigenvalue weighted by Crippen LogP contribution is -2.43. The highest BCUT2D eigenvalue weighted by Gasteiger charge is 2.33. The molecule has 2 N–H and O–H groups in total. The van der Waals surface area contributed by atoms with E-state index in [0.29, 0.717) is 12.0 Å². The van der Waals surface area contributed by atoms with Crippen molar-refractivity contribution in [3.63, 3.8) is 0 Å². The van der Waals surface area contributed by atoms with Crippen molar-refractivity contribution in [3.8, 4) is 0 Å². The Balaban J connectivity index is 1.49. The molecular weight excluding hydrogens is 316 g/mol. The Morgan fingerprint density at radius 1 is 1.24 bits per heavy atom. The highest BCUT2D eigenvalue weighted by molar-refractivity contribution is 5.79. The standard InChI is InChI=1S/C18H32N6O/c1-3-25-12-10-18(8-4-5-9-18)14-21-17(19-2)20-13-16-23-22-15-7-6-11-24(15)16/h3-14H2,1-2H3,(H2,19,20,21). The number of aryl methyl sites for hydroxylation is 1. The molecule has 2 heterocycles. The van der Waals surface area contributed by atoms with Crippen LogP contribution in [0.15, 0.2) is 4.99 Å². The number of nitrogens with zero attached hydrogens (tertiary/aromatic N) is 4. The molecule has 7 nitrogen and oxygen atoms in total. The first-order valence-corrected chi connectivity index (χ1v) is 9.69. The van der Waals surface area contributed by atoms with Gasteiger partial charge in [-0.2, -0.15) is 0 Å². The molecule has 0 spiro atoms. The molecular formula is C18H32N6O. The normalized spacial score (nSPS) is 19.2. The molecule has 1 aromatic rings. The van der Waals surface area contributed by atoms with E-state index >= 15 is 0 Å². The van der Waals surface area contributed by atoms with E-state index in [9.17, 15) is 0 Å². The highest BCUT2D eigenvalue weighted by Crippen LogP contribution is 2.40. The summed E-state index contributed by atoms with van der Waals surface area (Å²) in [5.41, 5.74) is 0.350. The van der Waals surface area contributed by atoms with Gasteiger partial charge in [-0.3, -0.25) is 4.99 Å². The smallest absolute Gasteiger partial charge is 0.191 e. The van der Waals surface area contributed by atoms with Gasteiger partial charge >= 0.3 is 0 Å². The number of hydrogen-bond donors (Lipinski definition) is 2. The summed E-state index contributed by atoms with van der Waals surface area (Å²) in [6.07, 6.45) is 8.55. The second-order valence-corrected chi connectivity index (χ2v) is 7.22. The van der Waals surface area contributed by atoms with Gasteiger partial charge in [0.1, 0.15) is 5.82 Å². The molecule has 0 saturated heterocycles. The monoisotopic (exact) mass is 348 g/mol. The SMILES string of the molecule is CCOCCC1(CNC(=NC)NCc2nnc3n2CCC3)CCCC1. The zero-order valence-corrected chi connectivity index (χ0v) is 15.7. The Labute approximate surface area is 150 Å². The third kappa shape index (κ3) is 4.51. The molecule has 1 aromatic heterocycles. The fourth-order valence-corrected chi connectivity index (χ4v) is 4.07. The summed E-state index contributed by atoms with van der Waals surface area (Å²) in [7, 11) is 1.82. The van der Waals surface area contributed by atoms with Crippen molar-refractivity contribution < 1.29 is 4.74 Å². The molecule has 1 saturated carbocycles. The van der Waals surface area contributed by atoms with Crippen LogP contribution in [0.25, 0.3) is 0 Å². The van der Waals surface area contributed by atoms with Gasteiger partial charge in [-0.25, -0.2) is 0 Å². The van der Waals surface area contributed by atoms with Crippen LogP contribution in [-0.4, -0.2) is 47.5 Å². The number of nitrogens with one attached hydrogen (secondary N) is 2. The van der Waals surface area contributed by atoms with Gasteiger partial charge in [0.05, 0.1) is 6.54 Å². The molecule has 1 aliphatic carbocycles. The largest absolute Gasteiger partial charge is 0.382 e. The molecule has 0 aromatic carbocycles. The number of fused-ring (bicyclic) bond motifs is 1. The maximum absolute atomic E-state index is 5.60. The predicted octanol–water partition coefficient (Wildman–Crippen LogP) is 1.88. The van der Waals surface area contributed by atoms with Gasteiger partial charge in [0.25, 0.3) is 0 Å². The fraction of sp³-hybridized carbons (Fsp3) is 0.833. The molecule has 0 amide bonds. The van der Waals surface area contributed by atoms with Crippen LogP contribution in [-0.2, 0) is 24.2 Å². The first-order valence-electron chi connectivity index (χ1n) is 9.69. The van der Waals surface area contributed by atoms with Crippen LogP contribution in [0, 0.1) is 5.41 Å². The van der Waals surface area contributed by atoms with Crippen LogP contribution < -0.4 is 10.6 Å². The lowest BCUT2D eigenvalue weighted by atomic mass is 9.83. The van der Waals surface area contributed by atoms with Gasteiger partial charge in [-0.05, 0) is 38.0 Å². The van der Waals surface area contributed by atoms with Gasteiger partial charge in [0, 0.05) is 39.8 Å². The molecule has 2 aliphatic rings. The molecule has 0 radical (unpaired) electrons. The van der Waals surface area contributed by atoms with E-state index in [1.807, 2.05) is 7.05 Å². The minimum atomic E-state index is 0.350. The maximum atomic E-state index is 5.60. The van der Waals surface area contributed by atoms with E-state index in [2.05, 4.69) is 37.3 Å². The average molecular weight is 348 g/mol. The summed E-state index contributed by atoms with van der Waals surface area (Å²) in [5.74, 6) is 2.96. The summed E-state index contributed by atoms with van der Waals surface area (Å²) in [6.45, 7) is 6.38. The number of aliphatic imine (C=N–C) groups is 1.